The highest BCUT2D eigenvalue weighted by atomic mass is 16.5. The summed E-state index contributed by atoms with van der Waals surface area (Å²) in [6.07, 6.45) is 0.427. The molecular formula is C20H20N2O4. The maximum Gasteiger partial charge on any atom is 0.157 e. The van der Waals surface area contributed by atoms with Crippen molar-refractivity contribution in [2.24, 2.45) is 0 Å². The molecule has 1 aliphatic rings. The number of carbonyl (C=O) groups is 1. The number of aromatic nitrogens is 1. The van der Waals surface area contributed by atoms with Gasteiger partial charge < -0.3 is 29.7 Å². The minimum Gasteiger partial charge on any atom is -0.544 e. The second-order valence-electron chi connectivity index (χ2n) is 6.47. The Hall–Kier alpha value is -2.99. The first-order valence-corrected chi connectivity index (χ1v) is 8.49. The standard InChI is InChI=1S/C20H20N2O4/c1-25-11-7-8-13(17(9-11)26-2)18-19-14(10-16(22-18)20(23)24)12-5-3-4-6-15(12)21-19/h3-9,16,18,21-22H,10H2,1-2H3,(H,23,24)/t16-,18-/m1/s1. The first kappa shape index (κ1) is 16.5. The fraction of sp³-hybridized carbons (Fsp3) is 0.250. The Labute approximate surface area is 150 Å². The van der Waals surface area contributed by atoms with Crippen LogP contribution in [0.3, 0.4) is 0 Å². The van der Waals surface area contributed by atoms with Gasteiger partial charge in [-0.05, 0) is 23.8 Å². The van der Waals surface area contributed by atoms with Gasteiger partial charge in [-0.25, -0.2) is 0 Å². The van der Waals surface area contributed by atoms with Crippen LogP contribution in [0.25, 0.3) is 10.9 Å². The van der Waals surface area contributed by atoms with Crippen LogP contribution in [0.2, 0.25) is 0 Å². The molecule has 0 fully saturated rings. The normalized spacial score (nSPS) is 19.2. The number of carboxylic acids is 1. The third kappa shape index (κ3) is 2.59. The van der Waals surface area contributed by atoms with E-state index < -0.39 is 12.0 Å². The lowest BCUT2D eigenvalue weighted by atomic mass is 9.90. The lowest BCUT2D eigenvalue weighted by molar-refractivity contribution is -0.717. The minimum absolute atomic E-state index is 0.227. The van der Waals surface area contributed by atoms with Crippen molar-refractivity contribution < 1.29 is 24.7 Å². The van der Waals surface area contributed by atoms with Gasteiger partial charge in [-0.1, -0.05) is 18.2 Å². The third-order valence-corrected chi connectivity index (χ3v) is 5.08. The number of hydrogen-bond donors (Lipinski definition) is 2. The van der Waals surface area contributed by atoms with E-state index in [0.29, 0.717) is 17.9 Å². The van der Waals surface area contributed by atoms with Gasteiger partial charge in [0, 0.05) is 23.4 Å². The van der Waals surface area contributed by atoms with E-state index in [-0.39, 0.29) is 6.04 Å². The summed E-state index contributed by atoms with van der Waals surface area (Å²) >= 11 is 0. The zero-order valence-electron chi connectivity index (χ0n) is 14.6. The maximum absolute atomic E-state index is 11.7. The van der Waals surface area contributed by atoms with Crippen molar-refractivity contribution in [1.82, 2.24) is 4.98 Å². The molecule has 0 saturated carbocycles. The van der Waals surface area contributed by atoms with Crippen LogP contribution >= 0.6 is 0 Å². The number of rotatable bonds is 4. The van der Waals surface area contributed by atoms with Crippen LogP contribution in [0.4, 0.5) is 0 Å². The summed E-state index contributed by atoms with van der Waals surface area (Å²) in [6, 6.07) is 12.7. The Morgan fingerprint density at radius 1 is 1.19 bits per heavy atom. The fourth-order valence-electron chi connectivity index (χ4n) is 3.82. The van der Waals surface area contributed by atoms with E-state index in [4.69, 9.17) is 9.47 Å². The van der Waals surface area contributed by atoms with Crippen LogP contribution in [0.15, 0.2) is 42.5 Å². The maximum atomic E-state index is 11.7. The van der Waals surface area contributed by atoms with Gasteiger partial charge in [-0.3, -0.25) is 0 Å². The molecule has 0 spiro atoms. The van der Waals surface area contributed by atoms with E-state index in [0.717, 1.165) is 27.7 Å². The lowest BCUT2D eigenvalue weighted by Crippen LogP contribution is -2.95. The third-order valence-electron chi connectivity index (χ3n) is 5.08. The highest BCUT2D eigenvalue weighted by Crippen LogP contribution is 2.36. The van der Waals surface area contributed by atoms with E-state index in [2.05, 4.69) is 4.98 Å². The number of hydrogen-bond acceptors (Lipinski definition) is 4. The van der Waals surface area contributed by atoms with E-state index in [9.17, 15) is 9.90 Å². The summed E-state index contributed by atoms with van der Waals surface area (Å²) < 4.78 is 10.8. The predicted molar refractivity (Wildman–Crippen MR) is 94.1 cm³/mol. The molecule has 1 aliphatic heterocycles. The van der Waals surface area contributed by atoms with Crippen molar-refractivity contribution >= 4 is 16.9 Å². The lowest BCUT2D eigenvalue weighted by Gasteiger charge is -2.29. The van der Waals surface area contributed by atoms with Crippen molar-refractivity contribution in [3.05, 3.63) is 59.3 Å². The van der Waals surface area contributed by atoms with Crippen LogP contribution in [0, 0.1) is 0 Å². The number of nitrogens with one attached hydrogen (secondary N) is 1. The topological polar surface area (TPSA) is 91.0 Å². The van der Waals surface area contributed by atoms with E-state index >= 15 is 0 Å². The average molecular weight is 352 g/mol. The molecule has 0 unspecified atom stereocenters. The highest BCUT2D eigenvalue weighted by molar-refractivity contribution is 5.86. The van der Waals surface area contributed by atoms with Gasteiger partial charge in [0.2, 0.25) is 0 Å². The number of para-hydroxylation sites is 1. The number of H-pyrrole nitrogens is 1. The van der Waals surface area contributed by atoms with Gasteiger partial charge in [0.25, 0.3) is 0 Å². The largest absolute Gasteiger partial charge is 0.544 e. The number of ether oxygens (including phenoxy) is 2. The second kappa shape index (κ2) is 6.38. The number of methoxy groups -OCH3 is 2. The smallest absolute Gasteiger partial charge is 0.157 e. The van der Waals surface area contributed by atoms with Crippen molar-refractivity contribution in [1.29, 1.82) is 0 Å². The molecule has 2 heterocycles. The summed E-state index contributed by atoms with van der Waals surface area (Å²) in [5.74, 6) is 0.294. The zero-order chi connectivity index (χ0) is 18.3. The molecule has 6 nitrogen and oxygen atoms in total. The zero-order valence-corrected chi connectivity index (χ0v) is 14.6. The number of carboxylic acid groups (broad SMARTS) is 1. The number of carbonyl (C=O) groups excluding carboxylic acids is 1. The quantitative estimate of drug-likeness (QED) is 0.716. The van der Waals surface area contributed by atoms with Crippen molar-refractivity contribution in [2.45, 2.75) is 18.5 Å². The Balaban J connectivity index is 1.90. The van der Waals surface area contributed by atoms with Crippen LogP contribution in [0.1, 0.15) is 22.9 Å². The van der Waals surface area contributed by atoms with E-state index in [1.54, 1.807) is 14.2 Å². The molecule has 26 heavy (non-hydrogen) atoms. The van der Waals surface area contributed by atoms with Crippen LogP contribution in [-0.2, 0) is 11.2 Å². The Morgan fingerprint density at radius 2 is 2.00 bits per heavy atom. The molecule has 3 N–H and O–H groups in total. The summed E-state index contributed by atoms with van der Waals surface area (Å²) in [7, 11) is 3.20. The minimum atomic E-state index is -1.06. The summed E-state index contributed by atoms with van der Waals surface area (Å²) in [5, 5.41) is 14.5. The number of quaternary nitrogens is 1. The first-order valence-electron chi connectivity index (χ1n) is 8.49. The molecule has 0 amide bonds. The second-order valence-corrected chi connectivity index (χ2v) is 6.47. The average Bonchev–Trinajstić information content (AvgIpc) is 3.05. The van der Waals surface area contributed by atoms with Gasteiger partial charge in [-0.2, -0.15) is 0 Å². The van der Waals surface area contributed by atoms with Crippen LogP contribution < -0.4 is 19.9 Å². The molecule has 2 atom stereocenters. The molecule has 0 radical (unpaired) electrons. The van der Waals surface area contributed by atoms with Crippen LogP contribution in [0.5, 0.6) is 11.5 Å². The SMILES string of the molecule is COc1ccc([C@H]2[NH2+][C@@H](C(=O)[O-])Cc3c2[nH]c2ccccc32)c(OC)c1. The Morgan fingerprint density at radius 3 is 2.73 bits per heavy atom. The molecule has 6 heteroatoms. The summed E-state index contributed by atoms with van der Waals surface area (Å²) in [6.45, 7) is 0. The van der Waals surface area contributed by atoms with E-state index in [1.165, 1.54) is 0 Å². The molecule has 2 aromatic carbocycles. The first-order chi connectivity index (χ1) is 12.6. The molecule has 0 aliphatic carbocycles. The number of nitrogens with two attached hydrogens (primary N) is 1. The van der Waals surface area contributed by atoms with Crippen molar-refractivity contribution in [2.75, 3.05) is 14.2 Å². The number of fused-ring (bicyclic) bond motifs is 3. The predicted octanol–water partition coefficient (Wildman–Crippen LogP) is 0.513. The molecule has 134 valence electrons. The molecule has 1 aromatic heterocycles. The Kier molecular flexibility index (Phi) is 4.05. The highest BCUT2D eigenvalue weighted by Gasteiger charge is 2.36. The van der Waals surface area contributed by atoms with E-state index in [1.807, 2.05) is 47.8 Å². The van der Waals surface area contributed by atoms with Gasteiger partial charge in [0.05, 0.1) is 31.4 Å². The molecule has 0 bridgehead atoms. The molecular weight excluding hydrogens is 332 g/mol. The summed E-state index contributed by atoms with van der Waals surface area (Å²) in [4.78, 5) is 15.1. The van der Waals surface area contributed by atoms with Gasteiger partial charge in [0.15, 0.2) is 6.04 Å². The summed E-state index contributed by atoms with van der Waals surface area (Å²) in [5.41, 5.74) is 3.93. The fourth-order valence-corrected chi connectivity index (χ4v) is 3.82. The number of benzene rings is 2. The molecule has 0 saturated heterocycles. The van der Waals surface area contributed by atoms with Crippen molar-refractivity contribution in [3.8, 4) is 11.5 Å². The molecule has 3 aromatic rings. The Bertz CT molecular complexity index is 979. The monoisotopic (exact) mass is 352 g/mol. The van der Waals surface area contributed by atoms with Gasteiger partial charge in [-0.15, -0.1) is 0 Å². The number of aromatic amines is 1. The van der Waals surface area contributed by atoms with Gasteiger partial charge in [0.1, 0.15) is 17.5 Å². The van der Waals surface area contributed by atoms with Crippen LogP contribution in [-0.4, -0.2) is 31.2 Å². The van der Waals surface area contributed by atoms with Crippen molar-refractivity contribution in [3.63, 3.8) is 0 Å². The molecule has 4 rings (SSSR count). The van der Waals surface area contributed by atoms with Gasteiger partial charge >= 0.3 is 0 Å². The number of aliphatic carboxylic acids is 1.